The van der Waals surface area contributed by atoms with Crippen molar-refractivity contribution in [2.45, 2.75) is 12.8 Å². The highest BCUT2D eigenvalue weighted by atomic mass is 32.1. The van der Waals surface area contributed by atoms with Crippen LogP contribution in [-0.2, 0) is 14.3 Å². The standard InChI is InChI=1S/C17H13FN2O3S/c1-11-10-24-17(20-11)13(8-19)15(21)9-23-16(22)7-6-12-4-2-3-5-14(12)18/h2-7,10,13H,9H2,1H3/b7-6+/t13-/m1/s1. The van der Waals surface area contributed by atoms with Crippen molar-refractivity contribution in [1.29, 1.82) is 5.26 Å². The quantitative estimate of drug-likeness (QED) is 0.594. The Kier molecular flexibility index (Phi) is 5.93. The van der Waals surface area contributed by atoms with Gasteiger partial charge in [-0.1, -0.05) is 18.2 Å². The minimum atomic E-state index is -1.06. The normalized spacial score (nSPS) is 11.9. The van der Waals surface area contributed by atoms with Gasteiger partial charge in [0.15, 0.2) is 18.3 Å². The molecule has 0 aliphatic carbocycles. The van der Waals surface area contributed by atoms with E-state index in [2.05, 4.69) is 4.98 Å². The first kappa shape index (κ1) is 17.5. The molecule has 0 aliphatic heterocycles. The van der Waals surface area contributed by atoms with Gasteiger partial charge in [0.25, 0.3) is 0 Å². The lowest BCUT2D eigenvalue weighted by atomic mass is 10.1. The number of Topliss-reactive ketones (excluding diaryl/α,β-unsaturated/α-hetero) is 1. The smallest absolute Gasteiger partial charge is 0.331 e. The molecule has 0 radical (unpaired) electrons. The minimum absolute atomic E-state index is 0.230. The molecule has 0 amide bonds. The molecule has 122 valence electrons. The molecule has 1 aromatic carbocycles. The van der Waals surface area contributed by atoms with E-state index >= 15 is 0 Å². The Hall–Kier alpha value is -2.85. The van der Waals surface area contributed by atoms with Gasteiger partial charge in [0, 0.05) is 22.7 Å². The van der Waals surface area contributed by atoms with Crippen LogP contribution >= 0.6 is 11.3 Å². The maximum absolute atomic E-state index is 13.4. The van der Waals surface area contributed by atoms with Gasteiger partial charge in [-0.25, -0.2) is 14.2 Å². The van der Waals surface area contributed by atoms with Crippen molar-refractivity contribution in [3.63, 3.8) is 0 Å². The predicted molar refractivity (Wildman–Crippen MR) is 86.6 cm³/mol. The molecule has 0 fully saturated rings. The molecule has 0 aliphatic rings. The third-order valence-corrected chi connectivity index (χ3v) is 4.02. The summed E-state index contributed by atoms with van der Waals surface area (Å²) in [5, 5.41) is 11.2. The largest absolute Gasteiger partial charge is 0.454 e. The van der Waals surface area contributed by atoms with Crippen molar-refractivity contribution in [1.82, 2.24) is 4.98 Å². The molecule has 24 heavy (non-hydrogen) atoms. The number of carbonyl (C=O) groups excluding carboxylic acids is 2. The van der Waals surface area contributed by atoms with Gasteiger partial charge in [-0.3, -0.25) is 4.79 Å². The van der Waals surface area contributed by atoms with Gasteiger partial charge in [0.2, 0.25) is 0 Å². The van der Waals surface area contributed by atoms with E-state index in [4.69, 9.17) is 10.00 Å². The summed E-state index contributed by atoms with van der Waals surface area (Å²) >= 11 is 1.20. The van der Waals surface area contributed by atoms with Gasteiger partial charge in [0.05, 0.1) is 6.07 Å². The predicted octanol–water partition coefficient (Wildman–Crippen LogP) is 3.02. The van der Waals surface area contributed by atoms with Crippen LogP contribution in [0, 0.1) is 24.1 Å². The molecular formula is C17H13FN2O3S. The van der Waals surface area contributed by atoms with Crippen LogP contribution in [0.5, 0.6) is 0 Å². The number of aromatic nitrogens is 1. The van der Waals surface area contributed by atoms with Gasteiger partial charge < -0.3 is 4.74 Å². The Morgan fingerprint density at radius 3 is 2.83 bits per heavy atom. The number of hydrogen-bond donors (Lipinski definition) is 0. The first-order valence-electron chi connectivity index (χ1n) is 6.95. The van der Waals surface area contributed by atoms with Crippen LogP contribution in [0.2, 0.25) is 0 Å². The summed E-state index contributed by atoms with van der Waals surface area (Å²) in [6.45, 7) is 1.21. The number of rotatable bonds is 6. The van der Waals surface area contributed by atoms with Gasteiger partial charge in [0.1, 0.15) is 10.8 Å². The number of carbonyl (C=O) groups is 2. The summed E-state index contributed by atoms with van der Waals surface area (Å²) in [5.74, 6) is -2.88. The molecule has 0 unspecified atom stereocenters. The molecule has 7 heteroatoms. The molecule has 0 bridgehead atoms. The molecule has 0 saturated carbocycles. The van der Waals surface area contributed by atoms with Crippen molar-refractivity contribution >= 4 is 29.2 Å². The molecule has 0 saturated heterocycles. The topological polar surface area (TPSA) is 80.0 Å². The second-order valence-corrected chi connectivity index (χ2v) is 5.71. The van der Waals surface area contributed by atoms with Crippen LogP contribution < -0.4 is 0 Å². The van der Waals surface area contributed by atoms with Crippen LogP contribution in [0.25, 0.3) is 6.08 Å². The molecule has 1 aromatic heterocycles. The summed E-state index contributed by atoms with van der Waals surface area (Å²) in [6, 6.07) is 7.79. The Bertz CT molecular complexity index is 823. The minimum Gasteiger partial charge on any atom is -0.454 e. The Morgan fingerprint density at radius 1 is 1.46 bits per heavy atom. The fourth-order valence-electron chi connectivity index (χ4n) is 1.81. The summed E-state index contributed by atoms with van der Waals surface area (Å²) < 4.78 is 18.2. The third kappa shape index (κ3) is 4.57. The van der Waals surface area contributed by atoms with Gasteiger partial charge in [-0.15, -0.1) is 11.3 Å². The third-order valence-electron chi connectivity index (χ3n) is 3.00. The lowest BCUT2D eigenvalue weighted by Crippen LogP contribution is -2.19. The first-order chi connectivity index (χ1) is 11.5. The number of aryl methyl sites for hydroxylation is 1. The van der Waals surface area contributed by atoms with E-state index in [9.17, 15) is 14.0 Å². The van der Waals surface area contributed by atoms with E-state index < -0.39 is 30.1 Å². The van der Waals surface area contributed by atoms with Crippen molar-refractivity contribution in [2.75, 3.05) is 6.61 Å². The van der Waals surface area contributed by atoms with Gasteiger partial charge >= 0.3 is 5.97 Å². The number of benzene rings is 1. The van der Waals surface area contributed by atoms with Crippen LogP contribution in [0.1, 0.15) is 22.2 Å². The average Bonchev–Trinajstić information content (AvgIpc) is 2.99. The van der Waals surface area contributed by atoms with Crippen LogP contribution in [0.3, 0.4) is 0 Å². The maximum Gasteiger partial charge on any atom is 0.331 e. The molecule has 1 heterocycles. The van der Waals surface area contributed by atoms with Crippen molar-refractivity contribution < 1.29 is 18.7 Å². The lowest BCUT2D eigenvalue weighted by molar-refractivity contribution is -0.143. The Labute approximate surface area is 142 Å². The number of ketones is 1. The van der Waals surface area contributed by atoms with E-state index in [1.165, 1.54) is 35.6 Å². The molecular weight excluding hydrogens is 331 g/mol. The monoisotopic (exact) mass is 344 g/mol. The van der Waals surface area contributed by atoms with E-state index in [0.29, 0.717) is 10.7 Å². The summed E-state index contributed by atoms with van der Waals surface area (Å²) in [6.07, 6.45) is 2.29. The van der Waals surface area contributed by atoms with Gasteiger partial charge in [-0.05, 0) is 19.1 Å². The fraction of sp³-hybridized carbons (Fsp3) is 0.176. The number of nitriles is 1. The van der Waals surface area contributed by atoms with Crippen molar-refractivity contribution in [3.8, 4) is 6.07 Å². The maximum atomic E-state index is 13.4. The number of halogens is 1. The number of nitrogens with zero attached hydrogens (tertiary/aromatic N) is 2. The molecule has 1 atom stereocenters. The average molecular weight is 344 g/mol. The van der Waals surface area contributed by atoms with Crippen LogP contribution in [-0.4, -0.2) is 23.3 Å². The summed E-state index contributed by atoms with van der Waals surface area (Å²) in [7, 11) is 0. The molecule has 0 N–H and O–H groups in total. The van der Waals surface area contributed by atoms with E-state index in [1.807, 2.05) is 6.07 Å². The summed E-state index contributed by atoms with van der Waals surface area (Å²) in [4.78, 5) is 27.7. The highest BCUT2D eigenvalue weighted by molar-refractivity contribution is 7.09. The highest BCUT2D eigenvalue weighted by Crippen LogP contribution is 2.20. The summed E-state index contributed by atoms with van der Waals surface area (Å²) in [5.41, 5.74) is 0.946. The molecule has 5 nitrogen and oxygen atoms in total. The molecule has 2 rings (SSSR count). The number of esters is 1. The molecule has 2 aromatic rings. The first-order valence-corrected chi connectivity index (χ1v) is 7.83. The Morgan fingerprint density at radius 2 is 2.21 bits per heavy atom. The zero-order valence-electron chi connectivity index (χ0n) is 12.7. The molecule has 0 spiro atoms. The second kappa shape index (κ2) is 8.13. The Balaban J connectivity index is 1.92. The van der Waals surface area contributed by atoms with Crippen molar-refractivity contribution in [2.24, 2.45) is 0 Å². The van der Waals surface area contributed by atoms with E-state index in [1.54, 1.807) is 18.4 Å². The fourth-order valence-corrected chi connectivity index (χ4v) is 2.67. The number of hydrogen-bond acceptors (Lipinski definition) is 6. The van der Waals surface area contributed by atoms with Crippen molar-refractivity contribution in [3.05, 3.63) is 57.8 Å². The van der Waals surface area contributed by atoms with Gasteiger partial charge in [-0.2, -0.15) is 5.26 Å². The number of thiazole rings is 1. The second-order valence-electron chi connectivity index (χ2n) is 4.82. The zero-order valence-corrected chi connectivity index (χ0v) is 13.5. The van der Waals surface area contributed by atoms with Crippen LogP contribution in [0.4, 0.5) is 4.39 Å². The highest BCUT2D eigenvalue weighted by Gasteiger charge is 2.24. The number of ether oxygens (including phenoxy) is 1. The zero-order chi connectivity index (χ0) is 17.5. The van der Waals surface area contributed by atoms with E-state index in [-0.39, 0.29) is 5.56 Å². The SMILES string of the molecule is Cc1csc([C@H](C#N)C(=O)COC(=O)/C=C/c2ccccc2F)n1. The lowest BCUT2D eigenvalue weighted by Gasteiger charge is -2.05. The van der Waals surface area contributed by atoms with Crippen LogP contribution in [0.15, 0.2) is 35.7 Å². The van der Waals surface area contributed by atoms with E-state index in [0.717, 1.165) is 6.08 Å².